The number of unbranched alkanes of at least 4 members (excludes halogenated alkanes) is 2. The largest absolute Gasteiger partial charge is 0.298 e. The molecule has 1 aromatic rings. The molecule has 0 fully saturated rings. The molecule has 2 rings (SSSR count). The van der Waals surface area contributed by atoms with Crippen molar-refractivity contribution >= 4 is 6.08 Å². The Hall–Kier alpha value is -1.64. The molecule has 0 heterocycles. The quantitative estimate of drug-likeness (QED) is 0.447. The number of hydrogen-bond acceptors (Lipinski definition) is 2. The van der Waals surface area contributed by atoms with Gasteiger partial charge < -0.3 is 0 Å². The third-order valence-electron chi connectivity index (χ3n) is 3.96. The molecule has 23 heavy (non-hydrogen) atoms. The monoisotopic (exact) mass is 311 g/mol. The summed E-state index contributed by atoms with van der Waals surface area (Å²) in [5.41, 5.74) is 2.52. The second-order valence-corrected chi connectivity index (χ2v) is 5.92. The topological polar surface area (TPSA) is 12.5 Å². The first-order chi connectivity index (χ1) is 11.3. The lowest BCUT2D eigenvalue weighted by Gasteiger charge is -2.31. The SMILES string of the molecule is CCCCON(CCCC)C1C=CC=CC1=Cc1ccccc1. The average molecular weight is 311 g/mol. The normalized spacial score (nSPS) is 18.9. The summed E-state index contributed by atoms with van der Waals surface area (Å²) in [7, 11) is 0. The van der Waals surface area contributed by atoms with Crippen LogP contribution in [0, 0.1) is 0 Å². The molecule has 0 saturated carbocycles. The van der Waals surface area contributed by atoms with Crippen LogP contribution in [0.25, 0.3) is 6.08 Å². The summed E-state index contributed by atoms with van der Waals surface area (Å²) in [4.78, 5) is 6.10. The maximum Gasteiger partial charge on any atom is 0.0786 e. The molecule has 0 bridgehead atoms. The smallest absolute Gasteiger partial charge is 0.0786 e. The minimum absolute atomic E-state index is 0.198. The van der Waals surface area contributed by atoms with E-state index in [4.69, 9.17) is 4.84 Å². The Morgan fingerprint density at radius 2 is 1.83 bits per heavy atom. The molecule has 0 saturated heterocycles. The first-order valence-electron chi connectivity index (χ1n) is 8.86. The molecule has 2 heteroatoms. The minimum Gasteiger partial charge on any atom is -0.298 e. The van der Waals surface area contributed by atoms with Crippen molar-refractivity contribution in [3.8, 4) is 0 Å². The first kappa shape index (κ1) is 17.7. The van der Waals surface area contributed by atoms with E-state index < -0.39 is 0 Å². The van der Waals surface area contributed by atoms with Crippen LogP contribution in [0.5, 0.6) is 0 Å². The third kappa shape index (κ3) is 5.81. The fraction of sp³-hybridized carbons (Fsp3) is 0.429. The van der Waals surface area contributed by atoms with Crippen LogP contribution in [0.2, 0.25) is 0 Å². The van der Waals surface area contributed by atoms with Crippen molar-refractivity contribution in [1.29, 1.82) is 0 Å². The molecule has 1 unspecified atom stereocenters. The lowest BCUT2D eigenvalue weighted by molar-refractivity contribution is -0.170. The molecular formula is C21H29NO. The number of hydrogen-bond donors (Lipinski definition) is 0. The van der Waals surface area contributed by atoms with E-state index >= 15 is 0 Å². The van der Waals surface area contributed by atoms with Crippen LogP contribution in [-0.2, 0) is 4.84 Å². The van der Waals surface area contributed by atoms with Gasteiger partial charge in [0, 0.05) is 6.54 Å². The number of allylic oxidation sites excluding steroid dienone is 2. The molecule has 1 aromatic carbocycles. The van der Waals surface area contributed by atoms with Gasteiger partial charge >= 0.3 is 0 Å². The second-order valence-electron chi connectivity index (χ2n) is 5.92. The van der Waals surface area contributed by atoms with E-state index in [-0.39, 0.29) is 6.04 Å². The van der Waals surface area contributed by atoms with Gasteiger partial charge in [-0.1, -0.05) is 81.3 Å². The van der Waals surface area contributed by atoms with E-state index in [1.807, 2.05) is 0 Å². The van der Waals surface area contributed by atoms with Gasteiger partial charge in [0.1, 0.15) is 0 Å². The van der Waals surface area contributed by atoms with E-state index in [0.29, 0.717) is 0 Å². The van der Waals surface area contributed by atoms with Crippen LogP contribution in [-0.4, -0.2) is 24.3 Å². The molecule has 1 aliphatic rings. The van der Waals surface area contributed by atoms with Crippen molar-refractivity contribution in [2.45, 2.75) is 45.6 Å². The van der Waals surface area contributed by atoms with Crippen LogP contribution >= 0.6 is 0 Å². The van der Waals surface area contributed by atoms with Crippen molar-refractivity contribution < 1.29 is 4.84 Å². The fourth-order valence-corrected chi connectivity index (χ4v) is 2.61. The van der Waals surface area contributed by atoms with Crippen LogP contribution < -0.4 is 0 Å². The van der Waals surface area contributed by atoms with Crippen LogP contribution in [0.4, 0.5) is 0 Å². The summed E-state index contributed by atoms with van der Waals surface area (Å²) < 4.78 is 0. The zero-order chi connectivity index (χ0) is 16.3. The summed E-state index contributed by atoms with van der Waals surface area (Å²) in [5.74, 6) is 0. The van der Waals surface area contributed by atoms with Gasteiger partial charge in [0.05, 0.1) is 12.6 Å². The highest BCUT2D eigenvalue weighted by molar-refractivity contribution is 5.59. The zero-order valence-corrected chi connectivity index (χ0v) is 14.4. The molecule has 2 nitrogen and oxygen atoms in total. The molecular weight excluding hydrogens is 282 g/mol. The van der Waals surface area contributed by atoms with Gasteiger partial charge in [0.2, 0.25) is 0 Å². The Balaban J connectivity index is 2.14. The highest BCUT2D eigenvalue weighted by atomic mass is 16.7. The fourth-order valence-electron chi connectivity index (χ4n) is 2.61. The first-order valence-corrected chi connectivity index (χ1v) is 8.86. The van der Waals surface area contributed by atoms with E-state index in [1.165, 1.54) is 17.6 Å². The standard InChI is InChI=1S/C21H29NO/c1-3-5-16-22(23-17-6-4-2)21-15-11-10-14-20(21)18-19-12-8-7-9-13-19/h7-15,18,21H,3-6,16-17H2,1-2H3. The van der Waals surface area contributed by atoms with Crippen LogP contribution in [0.15, 0.2) is 60.2 Å². The van der Waals surface area contributed by atoms with Crippen LogP contribution in [0.3, 0.4) is 0 Å². The van der Waals surface area contributed by atoms with E-state index in [1.54, 1.807) is 0 Å². The highest BCUT2D eigenvalue weighted by Gasteiger charge is 2.20. The molecule has 124 valence electrons. The molecule has 0 N–H and O–H groups in total. The number of benzene rings is 1. The number of rotatable bonds is 9. The van der Waals surface area contributed by atoms with Crippen molar-refractivity contribution in [1.82, 2.24) is 5.06 Å². The van der Waals surface area contributed by atoms with Gasteiger partial charge in [-0.2, -0.15) is 5.06 Å². The second kappa shape index (κ2) is 10.2. The van der Waals surface area contributed by atoms with Gasteiger partial charge in [0.15, 0.2) is 0 Å². The van der Waals surface area contributed by atoms with E-state index in [9.17, 15) is 0 Å². The van der Waals surface area contributed by atoms with Gasteiger partial charge in [-0.15, -0.1) is 0 Å². The maximum absolute atomic E-state index is 6.10. The van der Waals surface area contributed by atoms with Crippen LogP contribution in [0.1, 0.15) is 45.1 Å². The van der Waals surface area contributed by atoms with Crippen molar-refractivity contribution in [3.05, 3.63) is 65.8 Å². The Kier molecular flexibility index (Phi) is 7.85. The Morgan fingerprint density at radius 3 is 2.57 bits per heavy atom. The lowest BCUT2D eigenvalue weighted by atomic mass is 9.98. The summed E-state index contributed by atoms with van der Waals surface area (Å²) in [6, 6.07) is 10.7. The molecule has 0 radical (unpaired) electrons. The predicted molar refractivity (Wildman–Crippen MR) is 99.0 cm³/mol. The van der Waals surface area contributed by atoms with Gasteiger partial charge in [-0.3, -0.25) is 4.84 Å². The van der Waals surface area contributed by atoms with Crippen molar-refractivity contribution in [2.24, 2.45) is 0 Å². The van der Waals surface area contributed by atoms with Gasteiger partial charge in [-0.05, 0) is 30.1 Å². The summed E-state index contributed by atoms with van der Waals surface area (Å²) in [5, 5.41) is 2.16. The molecule has 1 aliphatic carbocycles. The van der Waals surface area contributed by atoms with E-state index in [2.05, 4.69) is 79.6 Å². The number of nitrogens with zero attached hydrogens (tertiary/aromatic N) is 1. The van der Waals surface area contributed by atoms with Gasteiger partial charge in [-0.25, -0.2) is 0 Å². The third-order valence-corrected chi connectivity index (χ3v) is 3.96. The summed E-state index contributed by atoms with van der Waals surface area (Å²) >= 11 is 0. The molecule has 0 spiro atoms. The van der Waals surface area contributed by atoms with E-state index in [0.717, 1.165) is 32.4 Å². The van der Waals surface area contributed by atoms with Gasteiger partial charge in [0.25, 0.3) is 0 Å². The maximum atomic E-state index is 6.10. The van der Waals surface area contributed by atoms with Crippen molar-refractivity contribution in [3.63, 3.8) is 0 Å². The minimum atomic E-state index is 0.198. The Morgan fingerprint density at radius 1 is 1.04 bits per heavy atom. The average Bonchev–Trinajstić information content (AvgIpc) is 2.60. The van der Waals surface area contributed by atoms with Crippen molar-refractivity contribution in [2.75, 3.05) is 13.2 Å². The molecule has 0 aromatic heterocycles. The lowest BCUT2D eigenvalue weighted by Crippen LogP contribution is -2.36. The highest BCUT2D eigenvalue weighted by Crippen LogP contribution is 2.22. The Bertz CT molecular complexity index is 530. The molecule has 0 amide bonds. The molecule has 1 atom stereocenters. The zero-order valence-electron chi connectivity index (χ0n) is 14.4. The number of hydroxylamine groups is 2. The summed E-state index contributed by atoms with van der Waals surface area (Å²) in [6.07, 6.45) is 15.5. The Labute approximate surface area is 141 Å². The predicted octanol–water partition coefficient (Wildman–Crippen LogP) is 5.40. The molecule has 0 aliphatic heterocycles. The summed E-state index contributed by atoms with van der Waals surface area (Å²) in [6.45, 7) is 6.19.